The molecule has 0 aliphatic carbocycles. The maximum atomic E-state index is 9.55. The summed E-state index contributed by atoms with van der Waals surface area (Å²) < 4.78 is 0. The van der Waals surface area contributed by atoms with Crippen molar-refractivity contribution >= 4 is 0 Å². The van der Waals surface area contributed by atoms with E-state index in [-0.39, 0.29) is 5.41 Å². The van der Waals surface area contributed by atoms with Crippen LogP contribution in [0.4, 0.5) is 0 Å². The van der Waals surface area contributed by atoms with Crippen LogP contribution in [0.3, 0.4) is 0 Å². The van der Waals surface area contributed by atoms with E-state index in [1.165, 1.54) is 25.9 Å². The largest absolute Gasteiger partial charge is 0.396 e. The Kier molecular flexibility index (Phi) is 4.81. The molecule has 16 heavy (non-hydrogen) atoms. The summed E-state index contributed by atoms with van der Waals surface area (Å²) in [6.07, 6.45) is 4.93. The number of piperidine rings is 1. The fourth-order valence-corrected chi connectivity index (χ4v) is 3.03. The topological polar surface area (TPSA) is 23.5 Å². The SMILES string of the molecule is CCCC(C)(CO)CN1CCCC(C)(C)C1. The highest BCUT2D eigenvalue weighted by atomic mass is 16.3. The molecule has 1 rings (SSSR count). The van der Waals surface area contributed by atoms with Gasteiger partial charge in [0.2, 0.25) is 0 Å². The van der Waals surface area contributed by atoms with Crippen molar-refractivity contribution in [2.75, 3.05) is 26.2 Å². The summed E-state index contributed by atoms with van der Waals surface area (Å²) in [6, 6.07) is 0. The second kappa shape index (κ2) is 5.50. The summed E-state index contributed by atoms with van der Waals surface area (Å²) in [4.78, 5) is 2.55. The number of hydrogen-bond donors (Lipinski definition) is 1. The molecule has 1 fully saturated rings. The molecule has 0 aromatic heterocycles. The Morgan fingerprint density at radius 1 is 1.38 bits per heavy atom. The van der Waals surface area contributed by atoms with Crippen molar-refractivity contribution in [3.8, 4) is 0 Å². The number of nitrogens with zero attached hydrogens (tertiary/aromatic N) is 1. The van der Waals surface area contributed by atoms with Crippen LogP contribution in [-0.2, 0) is 0 Å². The third-order valence-corrected chi connectivity index (χ3v) is 3.82. The van der Waals surface area contributed by atoms with E-state index in [0.717, 1.165) is 19.4 Å². The minimum atomic E-state index is 0.0994. The summed E-state index contributed by atoms with van der Waals surface area (Å²) in [7, 11) is 0. The molecular weight excluding hydrogens is 198 g/mol. The Bertz CT molecular complexity index is 215. The van der Waals surface area contributed by atoms with Gasteiger partial charge in [-0.2, -0.15) is 0 Å². The van der Waals surface area contributed by atoms with Crippen molar-refractivity contribution in [3.05, 3.63) is 0 Å². The zero-order chi connectivity index (χ0) is 12.2. The fourth-order valence-electron chi connectivity index (χ4n) is 3.03. The first-order valence-corrected chi connectivity index (χ1v) is 6.74. The van der Waals surface area contributed by atoms with Crippen LogP contribution >= 0.6 is 0 Å². The molecule has 1 N–H and O–H groups in total. The van der Waals surface area contributed by atoms with Crippen molar-refractivity contribution in [2.45, 2.75) is 53.4 Å². The van der Waals surface area contributed by atoms with Crippen LogP contribution in [0.25, 0.3) is 0 Å². The van der Waals surface area contributed by atoms with Crippen molar-refractivity contribution in [2.24, 2.45) is 10.8 Å². The number of aliphatic hydroxyl groups excluding tert-OH is 1. The van der Waals surface area contributed by atoms with Gasteiger partial charge in [0.25, 0.3) is 0 Å². The first-order chi connectivity index (χ1) is 7.41. The number of likely N-dealkylation sites (tertiary alicyclic amines) is 1. The van der Waals surface area contributed by atoms with Crippen LogP contribution in [0.15, 0.2) is 0 Å². The Morgan fingerprint density at radius 3 is 2.56 bits per heavy atom. The van der Waals surface area contributed by atoms with E-state index in [0.29, 0.717) is 12.0 Å². The molecular formula is C14H29NO. The molecule has 0 aromatic carbocycles. The molecule has 1 saturated heterocycles. The first-order valence-electron chi connectivity index (χ1n) is 6.74. The van der Waals surface area contributed by atoms with Gasteiger partial charge in [-0.3, -0.25) is 0 Å². The minimum absolute atomic E-state index is 0.0994. The van der Waals surface area contributed by atoms with E-state index in [1.807, 2.05) is 0 Å². The van der Waals surface area contributed by atoms with Crippen molar-refractivity contribution in [3.63, 3.8) is 0 Å². The van der Waals surface area contributed by atoms with Gasteiger partial charge in [-0.05, 0) is 31.2 Å². The van der Waals surface area contributed by atoms with Crippen molar-refractivity contribution in [1.82, 2.24) is 4.90 Å². The predicted octanol–water partition coefficient (Wildman–Crippen LogP) is 2.91. The van der Waals surface area contributed by atoms with Crippen LogP contribution < -0.4 is 0 Å². The standard InChI is InChI=1S/C14H29NO/c1-5-7-14(4,12-16)11-15-9-6-8-13(2,3)10-15/h16H,5-12H2,1-4H3. The maximum Gasteiger partial charge on any atom is 0.0497 e. The van der Waals surface area contributed by atoms with E-state index in [2.05, 4.69) is 32.6 Å². The van der Waals surface area contributed by atoms with Crippen LogP contribution in [0, 0.1) is 10.8 Å². The second-order valence-electron chi connectivity index (χ2n) is 6.70. The fraction of sp³-hybridized carbons (Fsp3) is 1.00. The van der Waals surface area contributed by atoms with Crippen LogP contribution in [-0.4, -0.2) is 36.2 Å². The molecule has 1 heterocycles. The summed E-state index contributed by atoms with van der Waals surface area (Å²) in [5.41, 5.74) is 0.559. The summed E-state index contributed by atoms with van der Waals surface area (Å²) in [6.45, 7) is 12.9. The molecule has 2 nitrogen and oxygen atoms in total. The molecule has 1 aliphatic heterocycles. The lowest BCUT2D eigenvalue weighted by Crippen LogP contribution is -2.46. The molecule has 0 spiro atoms. The zero-order valence-corrected chi connectivity index (χ0v) is 11.6. The smallest absolute Gasteiger partial charge is 0.0497 e. The molecule has 1 aliphatic rings. The first kappa shape index (κ1) is 14.0. The predicted molar refractivity (Wildman–Crippen MR) is 69.6 cm³/mol. The Hall–Kier alpha value is -0.0800. The number of aliphatic hydroxyl groups is 1. The Morgan fingerprint density at radius 2 is 2.06 bits per heavy atom. The lowest BCUT2D eigenvalue weighted by atomic mass is 9.81. The van der Waals surface area contributed by atoms with E-state index in [4.69, 9.17) is 0 Å². The maximum absolute atomic E-state index is 9.55. The van der Waals surface area contributed by atoms with Crippen LogP contribution in [0.2, 0.25) is 0 Å². The van der Waals surface area contributed by atoms with Gasteiger partial charge in [-0.1, -0.05) is 34.1 Å². The molecule has 1 unspecified atom stereocenters. The Balaban J connectivity index is 2.51. The minimum Gasteiger partial charge on any atom is -0.396 e. The van der Waals surface area contributed by atoms with Gasteiger partial charge in [0, 0.05) is 25.1 Å². The lowest BCUT2D eigenvalue weighted by Gasteiger charge is -2.42. The third-order valence-electron chi connectivity index (χ3n) is 3.82. The number of rotatable bonds is 5. The average molecular weight is 227 g/mol. The van der Waals surface area contributed by atoms with Gasteiger partial charge in [-0.25, -0.2) is 0 Å². The van der Waals surface area contributed by atoms with E-state index in [1.54, 1.807) is 0 Å². The summed E-state index contributed by atoms with van der Waals surface area (Å²) >= 11 is 0. The molecule has 0 amide bonds. The summed E-state index contributed by atoms with van der Waals surface area (Å²) in [5.74, 6) is 0. The van der Waals surface area contributed by atoms with Gasteiger partial charge >= 0.3 is 0 Å². The van der Waals surface area contributed by atoms with Gasteiger partial charge < -0.3 is 10.0 Å². The van der Waals surface area contributed by atoms with Crippen molar-refractivity contribution in [1.29, 1.82) is 0 Å². The highest BCUT2D eigenvalue weighted by Crippen LogP contribution is 2.31. The monoisotopic (exact) mass is 227 g/mol. The molecule has 0 radical (unpaired) electrons. The molecule has 96 valence electrons. The van der Waals surface area contributed by atoms with Gasteiger partial charge in [0.1, 0.15) is 0 Å². The third kappa shape index (κ3) is 4.06. The lowest BCUT2D eigenvalue weighted by molar-refractivity contribution is 0.0396. The van der Waals surface area contributed by atoms with Gasteiger partial charge in [0.15, 0.2) is 0 Å². The highest BCUT2D eigenvalue weighted by Gasteiger charge is 2.31. The number of hydrogen-bond acceptors (Lipinski definition) is 2. The van der Waals surface area contributed by atoms with Gasteiger partial charge in [-0.15, -0.1) is 0 Å². The molecule has 0 saturated carbocycles. The van der Waals surface area contributed by atoms with Gasteiger partial charge in [0.05, 0.1) is 0 Å². The molecule has 0 bridgehead atoms. The highest BCUT2D eigenvalue weighted by molar-refractivity contribution is 4.84. The molecule has 0 aromatic rings. The quantitative estimate of drug-likeness (QED) is 0.780. The van der Waals surface area contributed by atoms with E-state index >= 15 is 0 Å². The normalized spacial score (nSPS) is 25.3. The average Bonchev–Trinajstić information content (AvgIpc) is 2.16. The Labute approximate surface area is 101 Å². The molecule has 2 heteroatoms. The zero-order valence-electron chi connectivity index (χ0n) is 11.6. The van der Waals surface area contributed by atoms with Crippen LogP contribution in [0.1, 0.15) is 53.4 Å². The van der Waals surface area contributed by atoms with Crippen LogP contribution in [0.5, 0.6) is 0 Å². The van der Waals surface area contributed by atoms with E-state index < -0.39 is 0 Å². The van der Waals surface area contributed by atoms with E-state index in [9.17, 15) is 5.11 Å². The summed E-state index contributed by atoms with van der Waals surface area (Å²) in [5, 5.41) is 9.55. The van der Waals surface area contributed by atoms with Crippen molar-refractivity contribution < 1.29 is 5.11 Å². The second-order valence-corrected chi connectivity index (χ2v) is 6.70. The molecule has 1 atom stereocenters.